The summed E-state index contributed by atoms with van der Waals surface area (Å²) < 4.78 is 5.28. The van der Waals surface area contributed by atoms with Gasteiger partial charge in [0.05, 0.1) is 13.7 Å². The minimum Gasteiger partial charge on any atom is -0.497 e. The fourth-order valence-corrected chi connectivity index (χ4v) is 3.67. The van der Waals surface area contributed by atoms with E-state index in [0.29, 0.717) is 19.1 Å². The molecule has 3 rings (SSSR count). The highest BCUT2D eigenvalue weighted by atomic mass is 127. The number of aliphatic imine (C=N–C) groups is 1. The summed E-state index contributed by atoms with van der Waals surface area (Å²) in [6.45, 7) is 6.54. The van der Waals surface area contributed by atoms with E-state index in [1.165, 1.54) is 11.3 Å². The molecule has 0 bridgehead atoms. The molecular weight excluding hydrogens is 503 g/mol. The lowest BCUT2D eigenvalue weighted by atomic mass is 9.97. The average Bonchev–Trinajstić information content (AvgIpc) is 2.81. The van der Waals surface area contributed by atoms with Crippen molar-refractivity contribution in [2.75, 3.05) is 38.3 Å². The molecular formula is C24H35IN4O2. The van der Waals surface area contributed by atoms with Crippen molar-refractivity contribution < 1.29 is 9.84 Å². The van der Waals surface area contributed by atoms with Crippen molar-refractivity contribution in [2.45, 2.75) is 32.9 Å². The van der Waals surface area contributed by atoms with Crippen LogP contribution in [0.15, 0.2) is 53.5 Å². The molecule has 2 aromatic rings. The maximum Gasteiger partial charge on any atom is 0.191 e. The van der Waals surface area contributed by atoms with Crippen LogP contribution < -0.4 is 20.3 Å². The van der Waals surface area contributed by atoms with Crippen molar-refractivity contribution in [1.29, 1.82) is 0 Å². The Morgan fingerprint density at radius 2 is 1.84 bits per heavy atom. The van der Waals surface area contributed by atoms with E-state index in [0.717, 1.165) is 56.3 Å². The molecule has 0 radical (unpaired) electrons. The number of nitrogens with zero attached hydrogens (tertiary/aromatic N) is 2. The van der Waals surface area contributed by atoms with E-state index in [2.05, 4.69) is 52.8 Å². The summed E-state index contributed by atoms with van der Waals surface area (Å²) in [5, 5.41) is 16.0. The number of aliphatic hydroxyl groups is 1. The summed E-state index contributed by atoms with van der Waals surface area (Å²) in [6.07, 6.45) is 2.13. The van der Waals surface area contributed by atoms with Crippen LogP contribution in [0.5, 0.6) is 5.75 Å². The van der Waals surface area contributed by atoms with Crippen molar-refractivity contribution in [3.63, 3.8) is 0 Å². The lowest BCUT2D eigenvalue weighted by Gasteiger charge is -2.33. The Hall–Kier alpha value is -2.00. The van der Waals surface area contributed by atoms with Crippen molar-refractivity contribution in [3.8, 4) is 5.75 Å². The van der Waals surface area contributed by atoms with Gasteiger partial charge in [-0.25, -0.2) is 4.99 Å². The van der Waals surface area contributed by atoms with Crippen molar-refractivity contribution >= 4 is 35.6 Å². The number of piperidine rings is 1. The second-order valence-electron chi connectivity index (χ2n) is 7.68. The fraction of sp³-hybridized carbons (Fsp3) is 0.458. The molecule has 1 fully saturated rings. The minimum atomic E-state index is 0. The molecule has 1 saturated heterocycles. The van der Waals surface area contributed by atoms with Gasteiger partial charge < -0.3 is 25.4 Å². The molecule has 0 aromatic heterocycles. The average molecular weight is 538 g/mol. The van der Waals surface area contributed by atoms with Gasteiger partial charge in [0.2, 0.25) is 0 Å². The molecule has 170 valence electrons. The van der Waals surface area contributed by atoms with Gasteiger partial charge in [-0.15, -0.1) is 24.0 Å². The lowest BCUT2D eigenvalue weighted by Crippen LogP contribution is -2.36. The third-order valence-electron chi connectivity index (χ3n) is 5.53. The first-order chi connectivity index (χ1) is 14.7. The van der Waals surface area contributed by atoms with Crippen LogP contribution in [0.2, 0.25) is 0 Å². The zero-order valence-corrected chi connectivity index (χ0v) is 20.8. The van der Waals surface area contributed by atoms with Gasteiger partial charge in [0.25, 0.3) is 0 Å². The second kappa shape index (κ2) is 13.4. The molecule has 0 saturated carbocycles. The minimum absolute atomic E-state index is 0. The van der Waals surface area contributed by atoms with Gasteiger partial charge in [-0.3, -0.25) is 0 Å². The van der Waals surface area contributed by atoms with Gasteiger partial charge in [-0.05, 0) is 61.1 Å². The van der Waals surface area contributed by atoms with Crippen molar-refractivity contribution in [1.82, 2.24) is 10.6 Å². The molecule has 7 heteroatoms. The lowest BCUT2D eigenvalue weighted by molar-refractivity contribution is 0.203. The molecule has 0 unspecified atom stereocenters. The Labute approximate surface area is 203 Å². The highest BCUT2D eigenvalue weighted by Crippen LogP contribution is 2.23. The first-order valence-electron chi connectivity index (χ1n) is 10.8. The van der Waals surface area contributed by atoms with Crippen LogP contribution in [0.3, 0.4) is 0 Å². The molecule has 0 aliphatic carbocycles. The van der Waals surface area contributed by atoms with Crippen LogP contribution in [-0.4, -0.2) is 44.4 Å². The topological polar surface area (TPSA) is 69.1 Å². The Bertz CT molecular complexity index is 805. The van der Waals surface area contributed by atoms with Crippen LogP contribution in [0.4, 0.5) is 5.69 Å². The summed E-state index contributed by atoms with van der Waals surface area (Å²) in [4.78, 5) is 7.10. The van der Waals surface area contributed by atoms with E-state index in [-0.39, 0.29) is 24.0 Å². The van der Waals surface area contributed by atoms with Crippen molar-refractivity contribution in [3.05, 3.63) is 59.7 Å². The number of ether oxygens (including phenoxy) is 1. The number of rotatable bonds is 8. The van der Waals surface area contributed by atoms with Crippen LogP contribution in [0.25, 0.3) is 0 Å². The fourth-order valence-electron chi connectivity index (χ4n) is 3.67. The van der Waals surface area contributed by atoms with E-state index in [1.54, 1.807) is 7.11 Å². The number of hydrogen-bond donors (Lipinski definition) is 3. The van der Waals surface area contributed by atoms with Gasteiger partial charge in [0.1, 0.15) is 5.75 Å². The Kier molecular flexibility index (Phi) is 10.9. The number of nitrogens with one attached hydrogen (secondary N) is 2. The van der Waals surface area contributed by atoms with Gasteiger partial charge in [-0.2, -0.15) is 0 Å². The molecule has 1 heterocycles. The second-order valence-corrected chi connectivity index (χ2v) is 7.68. The molecule has 0 spiro atoms. The number of guanidine groups is 1. The maximum absolute atomic E-state index is 9.31. The smallest absolute Gasteiger partial charge is 0.191 e. The number of aliphatic hydroxyl groups excluding tert-OH is 1. The standard InChI is InChI=1S/C24H34N4O2.HI/c1-3-25-24(27-17-21-5-4-6-23(15-21)30-2)26-16-19-7-9-22(10-8-19)28-13-11-20(18-29)12-14-28;/h4-10,15,20,29H,3,11-14,16-18H2,1-2H3,(H2,25,26,27);1H. The maximum atomic E-state index is 9.31. The Morgan fingerprint density at radius 1 is 1.10 bits per heavy atom. The number of anilines is 1. The third kappa shape index (κ3) is 7.88. The van der Waals surface area contributed by atoms with Gasteiger partial charge >= 0.3 is 0 Å². The number of halogens is 1. The zero-order chi connectivity index (χ0) is 21.2. The number of benzene rings is 2. The molecule has 0 atom stereocenters. The van der Waals surface area contributed by atoms with Gasteiger partial charge in [0.15, 0.2) is 5.96 Å². The predicted molar refractivity (Wildman–Crippen MR) is 139 cm³/mol. The largest absolute Gasteiger partial charge is 0.497 e. The summed E-state index contributed by atoms with van der Waals surface area (Å²) in [6, 6.07) is 16.7. The molecule has 31 heavy (non-hydrogen) atoms. The SMILES string of the molecule is CCNC(=NCc1cccc(OC)c1)NCc1ccc(N2CCC(CO)CC2)cc1.I. The quantitative estimate of drug-likeness (QED) is 0.271. The molecule has 1 aliphatic rings. The van der Waals surface area contributed by atoms with Gasteiger partial charge in [-0.1, -0.05) is 24.3 Å². The summed E-state index contributed by atoms with van der Waals surface area (Å²) in [5.74, 6) is 2.11. The van der Waals surface area contributed by atoms with Crippen LogP contribution >= 0.6 is 24.0 Å². The van der Waals surface area contributed by atoms with Crippen LogP contribution in [0, 0.1) is 5.92 Å². The van der Waals surface area contributed by atoms with E-state index >= 15 is 0 Å². The first kappa shape index (κ1) is 25.3. The molecule has 2 aromatic carbocycles. The monoisotopic (exact) mass is 538 g/mol. The van der Waals surface area contributed by atoms with E-state index in [9.17, 15) is 5.11 Å². The first-order valence-corrected chi connectivity index (χ1v) is 10.8. The van der Waals surface area contributed by atoms with E-state index in [1.807, 2.05) is 18.2 Å². The van der Waals surface area contributed by atoms with E-state index < -0.39 is 0 Å². The van der Waals surface area contributed by atoms with E-state index in [4.69, 9.17) is 9.73 Å². The van der Waals surface area contributed by atoms with Crippen molar-refractivity contribution in [2.24, 2.45) is 10.9 Å². The third-order valence-corrected chi connectivity index (χ3v) is 5.53. The number of methoxy groups -OCH3 is 1. The highest BCUT2D eigenvalue weighted by molar-refractivity contribution is 14.0. The van der Waals surface area contributed by atoms with Gasteiger partial charge in [0, 0.05) is 38.5 Å². The Balaban J connectivity index is 0.00000341. The Morgan fingerprint density at radius 3 is 2.48 bits per heavy atom. The molecule has 3 N–H and O–H groups in total. The summed E-state index contributed by atoms with van der Waals surface area (Å²) in [5.41, 5.74) is 3.59. The zero-order valence-electron chi connectivity index (χ0n) is 18.5. The normalized spacial score (nSPS) is 14.7. The number of hydrogen-bond acceptors (Lipinski definition) is 4. The highest BCUT2D eigenvalue weighted by Gasteiger charge is 2.18. The van der Waals surface area contributed by atoms with Crippen LogP contribution in [-0.2, 0) is 13.1 Å². The molecule has 1 aliphatic heterocycles. The molecule has 6 nitrogen and oxygen atoms in total. The predicted octanol–water partition coefficient (Wildman–Crippen LogP) is 3.78. The molecule has 0 amide bonds. The summed E-state index contributed by atoms with van der Waals surface area (Å²) in [7, 11) is 1.68. The van der Waals surface area contributed by atoms with Crippen LogP contribution in [0.1, 0.15) is 30.9 Å². The summed E-state index contributed by atoms with van der Waals surface area (Å²) >= 11 is 0.